The molecule has 1 heterocycles. The average Bonchev–Trinajstić information content (AvgIpc) is 2.63. The number of fused-ring (bicyclic) bond motifs is 1. The van der Waals surface area contributed by atoms with Crippen molar-refractivity contribution in [3.63, 3.8) is 0 Å². The number of rotatable bonds is 3. The van der Waals surface area contributed by atoms with Crippen LogP contribution in [-0.4, -0.2) is 4.98 Å². The van der Waals surface area contributed by atoms with E-state index >= 15 is 0 Å². The van der Waals surface area contributed by atoms with Crippen LogP contribution in [0.3, 0.4) is 0 Å². The maximum atomic E-state index is 4.48. The zero-order valence-corrected chi connectivity index (χ0v) is 12.6. The quantitative estimate of drug-likeness (QED) is 0.528. The van der Waals surface area contributed by atoms with Crippen molar-refractivity contribution < 1.29 is 0 Å². The van der Waals surface area contributed by atoms with E-state index in [4.69, 9.17) is 0 Å². The van der Waals surface area contributed by atoms with Crippen molar-refractivity contribution in [2.75, 3.05) is 5.32 Å². The van der Waals surface area contributed by atoms with Gasteiger partial charge in [0.2, 0.25) is 0 Å². The van der Waals surface area contributed by atoms with Gasteiger partial charge in [0.15, 0.2) is 0 Å². The minimum absolute atomic E-state index is 0.991. The van der Waals surface area contributed by atoms with Crippen LogP contribution in [0.25, 0.3) is 22.0 Å². The SMILES string of the molecule is c1ccc(Nc2ccnc3ccc(-c4ccccc4)cc23)cc1. The maximum Gasteiger partial charge on any atom is 0.0723 e. The molecule has 0 fully saturated rings. The number of hydrogen-bond acceptors (Lipinski definition) is 2. The Morgan fingerprint density at radius 3 is 2.17 bits per heavy atom. The molecule has 0 radical (unpaired) electrons. The summed E-state index contributed by atoms with van der Waals surface area (Å²) in [5.41, 5.74) is 5.54. The van der Waals surface area contributed by atoms with Crippen molar-refractivity contribution in [2.45, 2.75) is 0 Å². The van der Waals surface area contributed by atoms with Crippen LogP contribution in [0.4, 0.5) is 11.4 Å². The molecule has 1 N–H and O–H groups in total. The van der Waals surface area contributed by atoms with Crippen molar-refractivity contribution >= 4 is 22.3 Å². The number of aromatic nitrogens is 1. The van der Waals surface area contributed by atoms with Crippen molar-refractivity contribution in [3.05, 3.63) is 91.1 Å². The monoisotopic (exact) mass is 296 g/mol. The Morgan fingerprint density at radius 1 is 0.652 bits per heavy atom. The van der Waals surface area contributed by atoms with Crippen LogP contribution in [0.5, 0.6) is 0 Å². The highest BCUT2D eigenvalue weighted by molar-refractivity contribution is 5.95. The van der Waals surface area contributed by atoms with E-state index in [1.54, 1.807) is 0 Å². The number of nitrogens with zero attached hydrogens (tertiary/aromatic N) is 1. The fourth-order valence-electron chi connectivity index (χ4n) is 2.74. The van der Waals surface area contributed by atoms with Gasteiger partial charge in [-0.25, -0.2) is 0 Å². The van der Waals surface area contributed by atoms with Gasteiger partial charge >= 0.3 is 0 Å². The Bertz CT molecular complexity index is 931. The molecular formula is C21H16N2. The lowest BCUT2D eigenvalue weighted by molar-refractivity contribution is 1.40. The standard InChI is InChI=1S/C21H16N2/c1-3-7-16(8-4-1)17-11-12-20-19(15-17)21(13-14-22-20)23-18-9-5-2-6-10-18/h1-15H,(H,22,23). The van der Waals surface area contributed by atoms with E-state index in [2.05, 4.69) is 64.9 Å². The lowest BCUT2D eigenvalue weighted by Crippen LogP contribution is -1.92. The molecule has 0 atom stereocenters. The van der Waals surface area contributed by atoms with Crippen LogP contribution in [0, 0.1) is 0 Å². The van der Waals surface area contributed by atoms with Gasteiger partial charge in [-0.3, -0.25) is 4.98 Å². The minimum atomic E-state index is 0.991. The molecule has 110 valence electrons. The van der Waals surface area contributed by atoms with Gasteiger partial charge in [0.05, 0.1) is 5.52 Å². The second-order valence-electron chi connectivity index (χ2n) is 5.45. The minimum Gasteiger partial charge on any atom is -0.355 e. The summed E-state index contributed by atoms with van der Waals surface area (Å²) in [4.78, 5) is 4.48. The van der Waals surface area contributed by atoms with Crippen molar-refractivity contribution in [3.8, 4) is 11.1 Å². The van der Waals surface area contributed by atoms with Gasteiger partial charge < -0.3 is 5.32 Å². The summed E-state index contributed by atoms with van der Waals surface area (Å²) in [5, 5.41) is 4.61. The van der Waals surface area contributed by atoms with Crippen LogP contribution < -0.4 is 5.32 Å². The van der Waals surface area contributed by atoms with E-state index in [1.165, 1.54) is 11.1 Å². The second kappa shape index (κ2) is 5.93. The number of benzene rings is 3. The van der Waals surface area contributed by atoms with Gasteiger partial charge in [-0.15, -0.1) is 0 Å². The first-order valence-electron chi connectivity index (χ1n) is 7.66. The van der Waals surface area contributed by atoms with Crippen molar-refractivity contribution in [1.82, 2.24) is 4.98 Å². The highest BCUT2D eigenvalue weighted by Gasteiger charge is 2.05. The van der Waals surface area contributed by atoms with E-state index in [-0.39, 0.29) is 0 Å². The maximum absolute atomic E-state index is 4.48. The van der Waals surface area contributed by atoms with E-state index in [9.17, 15) is 0 Å². The van der Waals surface area contributed by atoms with E-state index < -0.39 is 0 Å². The fraction of sp³-hybridized carbons (Fsp3) is 0. The Hall–Kier alpha value is -3.13. The van der Waals surface area contributed by atoms with E-state index in [0.717, 1.165) is 22.3 Å². The summed E-state index contributed by atoms with van der Waals surface area (Å²) >= 11 is 0. The van der Waals surface area contributed by atoms with Gasteiger partial charge in [0.1, 0.15) is 0 Å². The van der Waals surface area contributed by atoms with Gasteiger partial charge in [0, 0.05) is 23.0 Å². The number of para-hydroxylation sites is 1. The van der Waals surface area contributed by atoms with Crippen LogP contribution in [-0.2, 0) is 0 Å². The molecule has 0 saturated heterocycles. The second-order valence-corrected chi connectivity index (χ2v) is 5.45. The van der Waals surface area contributed by atoms with Crippen molar-refractivity contribution in [1.29, 1.82) is 0 Å². The molecule has 1 aromatic heterocycles. The summed E-state index contributed by atoms with van der Waals surface area (Å²) in [6.45, 7) is 0. The first-order chi connectivity index (χ1) is 11.4. The third-order valence-electron chi connectivity index (χ3n) is 3.90. The number of anilines is 2. The van der Waals surface area contributed by atoms with E-state index in [1.807, 2.05) is 36.5 Å². The summed E-state index contributed by atoms with van der Waals surface area (Å²) in [7, 11) is 0. The molecule has 4 rings (SSSR count). The topological polar surface area (TPSA) is 24.9 Å². The van der Waals surface area contributed by atoms with Crippen LogP contribution >= 0.6 is 0 Å². The molecule has 2 nitrogen and oxygen atoms in total. The van der Waals surface area contributed by atoms with Gasteiger partial charge in [-0.05, 0) is 41.5 Å². The predicted molar refractivity (Wildman–Crippen MR) is 96.9 cm³/mol. The fourth-order valence-corrected chi connectivity index (χ4v) is 2.74. The third kappa shape index (κ3) is 2.79. The molecule has 0 aliphatic heterocycles. The van der Waals surface area contributed by atoms with Crippen molar-refractivity contribution in [2.24, 2.45) is 0 Å². The summed E-state index contributed by atoms with van der Waals surface area (Å²) < 4.78 is 0. The lowest BCUT2D eigenvalue weighted by Gasteiger charge is -2.11. The number of nitrogens with one attached hydrogen (secondary N) is 1. The molecule has 0 unspecified atom stereocenters. The molecule has 3 aromatic carbocycles. The molecule has 0 amide bonds. The van der Waals surface area contributed by atoms with Crippen LogP contribution in [0.1, 0.15) is 0 Å². The molecule has 2 heteroatoms. The average molecular weight is 296 g/mol. The van der Waals surface area contributed by atoms with Gasteiger partial charge in [-0.2, -0.15) is 0 Å². The van der Waals surface area contributed by atoms with Gasteiger partial charge in [0.25, 0.3) is 0 Å². The predicted octanol–water partition coefficient (Wildman–Crippen LogP) is 5.65. The highest BCUT2D eigenvalue weighted by Crippen LogP contribution is 2.29. The molecule has 0 aliphatic carbocycles. The summed E-state index contributed by atoms with van der Waals surface area (Å²) in [6, 6.07) is 29.0. The normalized spacial score (nSPS) is 10.6. The largest absolute Gasteiger partial charge is 0.355 e. The molecule has 0 aliphatic rings. The molecule has 0 bridgehead atoms. The highest BCUT2D eigenvalue weighted by atomic mass is 14.9. The Balaban J connectivity index is 1.82. The Morgan fingerprint density at radius 2 is 1.39 bits per heavy atom. The van der Waals surface area contributed by atoms with Gasteiger partial charge in [-0.1, -0.05) is 54.6 Å². The van der Waals surface area contributed by atoms with E-state index in [0.29, 0.717) is 0 Å². The first-order valence-corrected chi connectivity index (χ1v) is 7.66. The number of pyridine rings is 1. The smallest absolute Gasteiger partial charge is 0.0723 e. The molecule has 0 spiro atoms. The molecule has 23 heavy (non-hydrogen) atoms. The van der Waals surface area contributed by atoms with Crippen LogP contribution in [0.15, 0.2) is 91.1 Å². The summed E-state index contributed by atoms with van der Waals surface area (Å²) in [5.74, 6) is 0. The molecular weight excluding hydrogens is 280 g/mol. The molecule has 0 saturated carbocycles. The Labute approximate surface area is 135 Å². The zero-order chi connectivity index (χ0) is 15.5. The number of hydrogen-bond donors (Lipinski definition) is 1. The third-order valence-corrected chi connectivity index (χ3v) is 3.90. The first kappa shape index (κ1) is 13.5. The lowest BCUT2D eigenvalue weighted by atomic mass is 10.0. The summed E-state index contributed by atoms with van der Waals surface area (Å²) in [6.07, 6.45) is 1.84. The zero-order valence-electron chi connectivity index (χ0n) is 12.6. The Kier molecular flexibility index (Phi) is 3.49. The van der Waals surface area contributed by atoms with Crippen LogP contribution in [0.2, 0.25) is 0 Å². The molecule has 4 aromatic rings.